The highest BCUT2D eigenvalue weighted by molar-refractivity contribution is 6.05. The molecule has 10 rings (SSSR count). The van der Waals surface area contributed by atoms with Gasteiger partial charge in [0, 0.05) is 33.1 Å². The fourth-order valence-corrected chi connectivity index (χ4v) is 7.69. The number of rotatable bonds is 5. The van der Waals surface area contributed by atoms with Gasteiger partial charge in [-0.2, -0.15) is 0 Å². The van der Waals surface area contributed by atoms with Gasteiger partial charge in [-0.1, -0.05) is 135 Å². The number of oxazole rings is 1. The minimum Gasteiger partial charge on any atom is -0.436 e. The van der Waals surface area contributed by atoms with E-state index in [1.165, 1.54) is 22.3 Å². The minimum absolute atomic E-state index is 0.230. The van der Waals surface area contributed by atoms with Crippen molar-refractivity contribution in [3.8, 4) is 67.9 Å². The van der Waals surface area contributed by atoms with Crippen LogP contribution in [0.25, 0.3) is 89.7 Å². The first-order valence-electron chi connectivity index (χ1n) is 17.6. The predicted octanol–water partition coefficient (Wildman–Crippen LogP) is 11.8. The molecule has 9 aromatic rings. The molecule has 0 fully saturated rings. The van der Waals surface area contributed by atoms with Crippen LogP contribution in [0.15, 0.2) is 162 Å². The second-order valence-corrected chi connectivity index (χ2v) is 13.9. The van der Waals surface area contributed by atoms with Crippen molar-refractivity contribution in [2.45, 2.75) is 19.3 Å². The van der Waals surface area contributed by atoms with Crippen LogP contribution >= 0.6 is 0 Å². The maximum absolute atomic E-state index is 6.20. The molecule has 0 amide bonds. The molecule has 0 N–H and O–H groups in total. The highest BCUT2D eigenvalue weighted by Crippen LogP contribution is 2.53. The van der Waals surface area contributed by atoms with E-state index in [1.807, 2.05) is 72.8 Å². The van der Waals surface area contributed by atoms with Crippen LogP contribution in [0, 0.1) is 0 Å². The third kappa shape index (κ3) is 4.85. The number of aromatic nitrogens is 4. The van der Waals surface area contributed by atoms with Crippen molar-refractivity contribution < 1.29 is 4.42 Å². The van der Waals surface area contributed by atoms with Crippen molar-refractivity contribution in [3.05, 3.63) is 169 Å². The van der Waals surface area contributed by atoms with Crippen LogP contribution in [0.2, 0.25) is 0 Å². The molecule has 0 aliphatic heterocycles. The van der Waals surface area contributed by atoms with E-state index in [2.05, 4.69) is 98.8 Å². The predicted molar refractivity (Wildman–Crippen MR) is 210 cm³/mol. The first-order chi connectivity index (χ1) is 25.5. The van der Waals surface area contributed by atoms with Crippen molar-refractivity contribution in [2.75, 3.05) is 0 Å². The molecule has 0 atom stereocenters. The Morgan fingerprint density at radius 2 is 1.06 bits per heavy atom. The van der Waals surface area contributed by atoms with Gasteiger partial charge in [0.2, 0.25) is 5.89 Å². The molecule has 246 valence electrons. The monoisotopic (exact) mass is 668 g/mol. The van der Waals surface area contributed by atoms with Crippen LogP contribution in [0.3, 0.4) is 0 Å². The summed E-state index contributed by atoms with van der Waals surface area (Å²) in [4.78, 5) is 20.3. The molecular formula is C47H32N4O. The average molecular weight is 669 g/mol. The summed E-state index contributed by atoms with van der Waals surface area (Å²) in [5.41, 5.74) is 12.4. The molecule has 1 aliphatic rings. The summed E-state index contributed by atoms with van der Waals surface area (Å²) >= 11 is 0. The fourth-order valence-electron chi connectivity index (χ4n) is 7.69. The van der Waals surface area contributed by atoms with Crippen molar-refractivity contribution >= 4 is 21.9 Å². The molecular weight excluding hydrogens is 637 g/mol. The summed E-state index contributed by atoms with van der Waals surface area (Å²) in [7, 11) is 0. The van der Waals surface area contributed by atoms with Crippen LogP contribution in [-0.4, -0.2) is 19.9 Å². The number of hydrogen-bond acceptors (Lipinski definition) is 5. The molecule has 52 heavy (non-hydrogen) atoms. The normalized spacial score (nSPS) is 13.0. The lowest BCUT2D eigenvalue weighted by atomic mass is 9.81. The van der Waals surface area contributed by atoms with Gasteiger partial charge in [-0.25, -0.2) is 19.9 Å². The number of hydrogen-bond donors (Lipinski definition) is 0. The zero-order valence-corrected chi connectivity index (χ0v) is 28.7. The van der Waals surface area contributed by atoms with Gasteiger partial charge in [-0.3, -0.25) is 0 Å². The lowest BCUT2D eigenvalue weighted by Crippen LogP contribution is -2.15. The van der Waals surface area contributed by atoms with E-state index in [4.69, 9.17) is 24.4 Å². The fraction of sp³-hybridized carbons (Fsp3) is 0.0638. The highest BCUT2D eigenvalue weighted by atomic mass is 16.3. The molecule has 5 heteroatoms. The number of fused-ring (bicyclic) bond motifs is 6. The molecule has 7 aromatic carbocycles. The highest BCUT2D eigenvalue weighted by Gasteiger charge is 2.38. The third-order valence-electron chi connectivity index (χ3n) is 10.4. The van der Waals surface area contributed by atoms with Gasteiger partial charge in [-0.05, 0) is 75.2 Å². The summed E-state index contributed by atoms with van der Waals surface area (Å²) in [6.07, 6.45) is 0. The summed E-state index contributed by atoms with van der Waals surface area (Å²) in [6.45, 7) is 4.63. The van der Waals surface area contributed by atoms with Crippen LogP contribution in [-0.2, 0) is 5.41 Å². The number of nitrogens with zero attached hydrogens (tertiary/aromatic N) is 4. The molecule has 2 heterocycles. The maximum atomic E-state index is 6.20. The average Bonchev–Trinajstić information content (AvgIpc) is 3.75. The van der Waals surface area contributed by atoms with Gasteiger partial charge < -0.3 is 4.42 Å². The van der Waals surface area contributed by atoms with Crippen molar-refractivity contribution in [1.82, 2.24) is 19.9 Å². The summed E-state index contributed by atoms with van der Waals surface area (Å²) in [5.74, 6) is 2.56. The van der Waals surface area contributed by atoms with Gasteiger partial charge in [-0.15, -0.1) is 0 Å². The summed E-state index contributed by atoms with van der Waals surface area (Å²) in [5, 5.41) is 2.15. The second-order valence-electron chi connectivity index (χ2n) is 13.9. The van der Waals surface area contributed by atoms with Crippen molar-refractivity contribution in [3.63, 3.8) is 0 Å². The van der Waals surface area contributed by atoms with Crippen LogP contribution < -0.4 is 0 Å². The molecule has 5 nitrogen and oxygen atoms in total. The second kappa shape index (κ2) is 11.7. The lowest BCUT2D eigenvalue weighted by Gasteiger charge is -2.23. The van der Waals surface area contributed by atoms with Crippen LogP contribution in [0.1, 0.15) is 25.0 Å². The molecule has 0 saturated heterocycles. The standard InChI is InChI=1S/C47H32N4O/c1-47(2)38-21-13-12-20-36(38)41-37(45-50-43(29-14-6-3-7-15-29)49-44(51-45)30-16-8-4-9-17-30)27-34(28-39(41)47)32-22-24-35-33(26-32)23-25-40-42(35)48-46(52-40)31-18-10-5-11-19-31/h3-28H,1-2H3. The Kier molecular flexibility index (Phi) is 6.77. The van der Waals surface area contributed by atoms with E-state index in [0.29, 0.717) is 23.4 Å². The van der Waals surface area contributed by atoms with Crippen LogP contribution in [0.4, 0.5) is 0 Å². The van der Waals surface area contributed by atoms with Gasteiger partial charge in [0.25, 0.3) is 0 Å². The van der Waals surface area contributed by atoms with Gasteiger partial charge >= 0.3 is 0 Å². The van der Waals surface area contributed by atoms with E-state index in [-0.39, 0.29) is 5.41 Å². The van der Waals surface area contributed by atoms with E-state index in [1.54, 1.807) is 0 Å². The van der Waals surface area contributed by atoms with Gasteiger partial charge in [0.05, 0.1) is 0 Å². The van der Waals surface area contributed by atoms with E-state index in [9.17, 15) is 0 Å². The van der Waals surface area contributed by atoms with E-state index >= 15 is 0 Å². The zero-order valence-electron chi connectivity index (χ0n) is 28.7. The van der Waals surface area contributed by atoms with Crippen molar-refractivity contribution in [2.24, 2.45) is 0 Å². The number of benzene rings is 7. The Morgan fingerprint density at radius 3 is 1.75 bits per heavy atom. The minimum atomic E-state index is -0.230. The zero-order chi connectivity index (χ0) is 34.8. The Bertz CT molecular complexity index is 2750. The molecule has 1 aliphatic carbocycles. The lowest BCUT2D eigenvalue weighted by molar-refractivity contribution is 0.620. The largest absolute Gasteiger partial charge is 0.436 e. The molecule has 2 aromatic heterocycles. The Hall–Kier alpha value is -6.72. The molecule has 0 bridgehead atoms. The summed E-state index contributed by atoms with van der Waals surface area (Å²) < 4.78 is 6.20. The topological polar surface area (TPSA) is 64.7 Å². The first-order valence-corrected chi connectivity index (χ1v) is 17.6. The molecule has 0 saturated carbocycles. The SMILES string of the molecule is CC1(C)c2ccccc2-c2c(-c3nc(-c4ccccc4)nc(-c4ccccc4)n3)cc(-c3ccc4c(ccc5oc(-c6ccccc6)nc54)c3)cc21. The van der Waals surface area contributed by atoms with Gasteiger partial charge in [0.15, 0.2) is 23.1 Å². The van der Waals surface area contributed by atoms with Gasteiger partial charge in [0.1, 0.15) is 5.52 Å². The molecule has 0 radical (unpaired) electrons. The van der Waals surface area contributed by atoms with Crippen molar-refractivity contribution in [1.29, 1.82) is 0 Å². The Balaban J connectivity index is 1.20. The first kappa shape index (κ1) is 30.1. The smallest absolute Gasteiger partial charge is 0.227 e. The van der Waals surface area contributed by atoms with E-state index in [0.717, 1.165) is 55.3 Å². The molecule has 0 unspecified atom stereocenters. The quantitative estimate of drug-likeness (QED) is 0.183. The Labute approximate surface area is 301 Å². The molecule has 0 spiro atoms. The van der Waals surface area contributed by atoms with Crippen LogP contribution in [0.5, 0.6) is 0 Å². The summed E-state index contributed by atoms with van der Waals surface area (Å²) in [6, 6.07) is 54.5. The van der Waals surface area contributed by atoms with E-state index < -0.39 is 0 Å². The third-order valence-corrected chi connectivity index (χ3v) is 10.4. The maximum Gasteiger partial charge on any atom is 0.227 e. The Morgan fingerprint density at radius 1 is 0.442 bits per heavy atom.